The van der Waals surface area contributed by atoms with Gasteiger partial charge in [-0.1, -0.05) is 37.3 Å². The van der Waals surface area contributed by atoms with Crippen molar-refractivity contribution in [1.82, 2.24) is 30.3 Å². The number of aryl methyl sites for hydroxylation is 2. The minimum atomic E-state index is 0.350. The summed E-state index contributed by atoms with van der Waals surface area (Å²) < 4.78 is 7.77. The first-order chi connectivity index (χ1) is 12.3. The molecule has 0 spiro atoms. The lowest BCUT2D eigenvalue weighted by Crippen LogP contribution is -2.37. The lowest BCUT2D eigenvalue weighted by Gasteiger charge is -2.22. The number of nitrogens with one attached hydrogen (secondary N) is 1. The standard InChI is InChI=1S/C18H22N6O/c1-2-15-20-16-9-8-14(12-24(16)23-15)19-11-18-22-21-17(25-18)10-13-6-4-3-5-7-13/h3-7,14,19H,2,8-12H2,1H3. The van der Waals surface area contributed by atoms with Crippen LogP contribution in [0.5, 0.6) is 0 Å². The van der Waals surface area contributed by atoms with Crippen LogP contribution in [-0.4, -0.2) is 31.0 Å². The molecular formula is C18H22N6O. The number of fused-ring (bicyclic) bond motifs is 1. The molecule has 1 aliphatic rings. The van der Waals surface area contributed by atoms with E-state index in [1.165, 1.54) is 5.56 Å². The predicted octanol–water partition coefficient (Wildman–Crippen LogP) is 1.92. The zero-order valence-corrected chi connectivity index (χ0v) is 14.4. The monoisotopic (exact) mass is 338 g/mol. The van der Waals surface area contributed by atoms with Crippen molar-refractivity contribution in [2.45, 2.75) is 51.7 Å². The number of nitrogens with zero attached hydrogens (tertiary/aromatic N) is 5. The fraction of sp³-hybridized carbons (Fsp3) is 0.444. The maximum absolute atomic E-state index is 5.75. The van der Waals surface area contributed by atoms with Gasteiger partial charge in [0.15, 0.2) is 5.82 Å². The summed E-state index contributed by atoms with van der Waals surface area (Å²) in [6.07, 6.45) is 3.55. The molecule has 4 rings (SSSR count). The molecule has 0 saturated heterocycles. The van der Waals surface area contributed by atoms with Crippen LogP contribution in [0.15, 0.2) is 34.7 Å². The highest BCUT2D eigenvalue weighted by molar-refractivity contribution is 5.17. The van der Waals surface area contributed by atoms with Crippen LogP contribution in [-0.2, 0) is 32.4 Å². The van der Waals surface area contributed by atoms with Gasteiger partial charge in [0.25, 0.3) is 0 Å². The van der Waals surface area contributed by atoms with Crippen LogP contribution in [0.25, 0.3) is 0 Å². The number of aromatic nitrogens is 5. The van der Waals surface area contributed by atoms with Crippen molar-refractivity contribution in [1.29, 1.82) is 0 Å². The fourth-order valence-electron chi connectivity index (χ4n) is 3.11. The van der Waals surface area contributed by atoms with Gasteiger partial charge in [0.05, 0.1) is 19.5 Å². The van der Waals surface area contributed by atoms with E-state index in [9.17, 15) is 0 Å². The van der Waals surface area contributed by atoms with Gasteiger partial charge in [-0.25, -0.2) is 9.67 Å². The van der Waals surface area contributed by atoms with Gasteiger partial charge >= 0.3 is 0 Å². The second kappa shape index (κ2) is 7.14. The van der Waals surface area contributed by atoms with Crippen LogP contribution in [0.1, 0.15) is 42.3 Å². The summed E-state index contributed by atoms with van der Waals surface area (Å²) in [4.78, 5) is 4.55. The highest BCUT2D eigenvalue weighted by Gasteiger charge is 2.21. The molecule has 0 saturated carbocycles. The maximum atomic E-state index is 5.75. The van der Waals surface area contributed by atoms with Gasteiger partial charge in [-0.15, -0.1) is 10.2 Å². The van der Waals surface area contributed by atoms with Crippen molar-refractivity contribution in [2.24, 2.45) is 0 Å². The third-order valence-electron chi connectivity index (χ3n) is 4.47. The Morgan fingerprint density at radius 1 is 1.20 bits per heavy atom. The minimum Gasteiger partial charge on any atom is -0.424 e. The van der Waals surface area contributed by atoms with Gasteiger partial charge in [-0.05, 0) is 12.0 Å². The average molecular weight is 338 g/mol. The van der Waals surface area contributed by atoms with E-state index in [2.05, 4.69) is 44.7 Å². The molecule has 2 aromatic heterocycles. The van der Waals surface area contributed by atoms with Crippen molar-refractivity contribution in [3.05, 3.63) is 59.3 Å². The molecule has 25 heavy (non-hydrogen) atoms. The van der Waals surface area contributed by atoms with Crippen molar-refractivity contribution >= 4 is 0 Å². The quantitative estimate of drug-likeness (QED) is 0.739. The summed E-state index contributed by atoms with van der Waals surface area (Å²) >= 11 is 0. The molecule has 3 aromatic rings. The van der Waals surface area contributed by atoms with E-state index in [1.807, 2.05) is 22.9 Å². The lowest BCUT2D eigenvalue weighted by molar-refractivity contribution is 0.338. The lowest BCUT2D eigenvalue weighted by atomic mass is 10.1. The van der Waals surface area contributed by atoms with E-state index in [0.29, 0.717) is 30.8 Å². The molecule has 0 fully saturated rings. The number of hydrogen-bond donors (Lipinski definition) is 1. The molecule has 1 atom stereocenters. The Labute approximate surface area is 146 Å². The van der Waals surface area contributed by atoms with Crippen LogP contribution in [0.3, 0.4) is 0 Å². The Morgan fingerprint density at radius 2 is 2.04 bits per heavy atom. The maximum Gasteiger partial charge on any atom is 0.230 e. The SMILES string of the molecule is CCc1nc2n(n1)CC(NCc1nnc(Cc3ccccc3)o1)CC2. The van der Waals surface area contributed by atoms with E-state index < -0.39 is 0 Å². The summed E-state index contributed by atoms with van der Waals surface area (Å²) in [5.74, 6) is 3.30. The Morgan fingerprint density at radius 3 is 2.88 bits per heavy atom. The molecule has 0 bridgehead atoms. The zero-order chi connectivity index (χ0) is 17.1. The van der Waals surface area contributed by atoms with Crippen molar-refractivity contribution in [2.75, 3.05) is 0 Å². The van der Waals surface area contributed by atoms with Crippen molar-refractivity contribution in [3.8, 4) is 0 Å². The van der Waals surface area contributed by atoms with Gasteiger partial charge in [0.1, 0.15) is 5.82 Å². The molecule has 0 amide bonds. The van der Waals surface area contributed by atoms with Crippen LogP contribution in [0.4, 0.5) is 0 Å². The Hall–Kier alpha value is -2.54. The van der Waals surface area contributed by atoms with Crippen LogP contribution in [0, 0.1) is 0 Å². The summed E-state index contributed by atoms with van der Waals surface area (Å²) in [6.45, 7) is 3.50. The Bertz CT molecular complexity index is 825. The molecule has 1 unspecified atom stereocenters. The first kappa shape index (κ1) is 16.0. The Balaban J connectivity index is 1.32. The largest absolute Gasteiger partial charge is 0.424 e. The van der Waals surface area contributed by atoms with E-state index in [-0.39, 0.29) is 0 Å². The third kappa shape index (κ3) is 3.76. The van der Waals surface area contributed by atoms with Gasteiger partial charge in [0, 0.05) is 18.9 Å². The second-order valence-corrected chi connectivity index (χ2v) is 6.35. The molecule has 3 heterocycles. The summed E-state index contributed by atoms with van der Waals surface area (Å²) in [5.41, 5.74) is 1.17. The molecule has 0 radical (unpaired) electrons. The van der Waals surface area contributed by atoms with Crippen LogP contribution >= 0.6 is 0 Å². The first-order valence-electron chi connectivity index (χ1n) is 8.81. The summed E-state index contributed by atoms with van der Waals surface area (Å²) in [5, 5.41) is 16.3. The van der Waals surface area contributed by atoms with Crippen LogP contribution in [0.2, 0.25) is 0 Å². The highest BCUT2D eigenvalue weighted by atomic mass is 16.4. The predicted molar refractivity (Wildman–Crippen MR) is 91.9 cm³/mol. The van der Waals surface area contributed by atoms with E-state index in [1.54, 1.807) is 0 Å². The molecular weight excluding hydrogens is 316 g/mol. The molecule has 130 valence electrons. The van der Waals surface area contributed by atoms with E-state index >= 15 is 0 Å². The van der Waals surface area contributed by atoms with E-state index in [0.717, 1.165) is 37.5 Å². The van der Waals surface area contributed by atoms with Gasteiger partial charge in [-0.2, -0.15) is 5.10 Å². The normalized spacial score (nSPS) is 16.8. The topological polar surface area (TPSA) is 81.7 Å². The van der Waals surface area contributed by atoms with Gasteiger partial charge in [-0.3, -0.25) is 0 Å². The zero-order valence-electron chi connectivity index (χ0n) is 14.4. The number of hydrogen-bond acceptors (Lipinski definition) is 6. The minimum absolute atomic E-state index is 0.350. The van der Waals surface area contributed by atoms with E-state index in [4.69, 9.17) is 4.42 Å². The Kier molecular flexibility index (Phi) is 4.56. The summed E-state index contributed by atoms with van der Waals surface area (Å²) in [6, 6.07) is 10.5. The number of benzene rings is 1. The highest BCUT2D eigenvalue weighted by Crippen LogP contribution is 2.14. The third-order valence-corrected chi connectivity index (χ3v) is 4.47. The second-order valence-electron chi connectivity index (χ2n) is 6.35. The summed E-state index contributed by atoms with van der Waals surface area (Å²) in [7, 11) is 0. The molecule has 1 aliphatic heterocycles. The van der Waals surface area contributed by atoms with Gasteiger partial charge in [0.2, 0.25) is 11.8 Å². The first-order valence-corrected chi connectivity index (χ1v) is 8.81. The fourth-order valence-corrected chi connectivity index (χ4v) is 3.11. The van der Waals surface area contributed by atoms with Crippen molar-refractivity contribution < 1.29 is 4.42 Å². The van der Waals surface area contributed by atoms with Gasteiger partial charge < -0.3 is 9.73 Å². The smallest absolute Gasteiger partial charge is 0.230 e. The molecule has 1 aromatic carbocycles. The molecule has 0 aliphatic carbocycles. The molecule has 7 nitrogen and oxygen atoms in total. The van der Waals surface area contributed by atoms with Crippen LogP contribution < -0.4 is 5.32 Å². The molecule has 7 heteroatoms. The average Bonchev–Trinajstić information content (AvgIpc) is 3.26. The molecule has 1 N–H and O–H groups in total. The van der Waals surface area contributed by atoms with Crippen molar-refractivity contribution in [3.63, 3.8) is 0 Å². The number of rotatable bonds is 6.